The number of H-pyrrole nitrogens is 1. The van der Waals surface area contributed by atoms with Gasteiger partial charge < -0.3 is 4.98 Å². The average molecular weight is 333 g/mol. The molecule has 3 aromatic rings. The van der Waals surface area contributed by atoms with Crippen LogP contribution in [-0.4, -0.2) is 28.0 Å². The number of nitrogens with one attached hydrogen (secondary N) is 1. The second-order valence-corrected chi connectivity index (χ2v) is 7.11. The molecular weight excluding hydrogens is 310 g/mol. The lowest BCUT2D eigenvalue weighted by Crippen LogP contribution is -2.33. The van der Waals surface area contributed by atoms with E-state index in [1.165, 1.54) is 24.9 Å². The number of likely N-dealkylation sites (tertiary alicyclic amines) is 1. The molecule has 4 rings (SSSR count). The summed E-state index contributed by atoms with van der Waals surface area (Å²) in [6.07, 6.45) is 2.61. The van der Waals surface area contributed by atoms with E-state index in [0.29, 0.717) is 11.2 Å². The highest BCUT2D eigenvalue weighted by Crippen LogP contribution is 2.21. The minimum atomic E-state index is -0.0872. The normalized spacial score (nSPS) is 18.5. The predicted molar refractivity (Wildman–Crippen MR) is 101 cm³/mol. The molecule has 0 amide bonds. The molecule has 1 unspecified atom stereocenters. The number of para-hydroxylation sites is 1. The Morgan fingerprint density at radius 2 is 2.08 bits per heavy atom. The molecular formula is C21H23N3O. The average Bonchev–Trinajstić information content (AvgIpc) is 2.62. The molecule has 1 aromatic heterocycles. The van der Waals surface area contributed by atoms with Crippen molar-refractivity contribution in [1.29, 1.82) is 0 Å². The van der Waals surface area contributed by atoms with Crippen LogP contribution in [-0.2, 0) is 6.54 Å². The highest BCUT2D eigenvalue weighted by molar-refractivity contribution is 5.79. The standard InChI is InChI=1S/C21H23N3O/c1-15-6-5-11-24(13-15)14-16-7-4-8-17(12-16)20-22-19-10-3-2-9-18(19)21(25)23-20/h2-4,7-10,12,15H,5-6,11,13-14H2,1H3,(H,22,23,25). The van der Waals surface area contributed by atoms with Gasteiger partial charge in [0.2, 0.25) is 0 Å². The Balaban J connectivity index is 1.64. The van der Waals surface area contributed by atoms with Gasteiger partial charge in [-0.1, -0.05) is 37.3 Å². The zero-order valence-electron chi connectivity index (χ0n) is 14.5. The Morgan fingerprint density at radius 1 is 1.20 bits per heavy atom. The highest BCUT2D eigenvalue weighted by Gasteiger charge is 2.16. The van der Waals surface area contributed by atoms with E-state index in [1.54, 1.807) is 6.07 Å². The summed E-state index contributed by atoms with van der Waals surface area (Å²) < 4.78 is 0. The Kier molecular flexibility index (Phi) is 4.36. The molecule has 0 bridgehead atoms. The maximum atomic E-state index is 12.3. The van der Waals surface area contributed by atoms with Crippen LogP contribution in [0.15, 0.2) is 53.3 Å². The summed E-state index contributed by atoms with van der Waals surface area (Å²) in [4.78, 5) is 22.4. The molecule has 4 nitrogen and oxygen atoms in total. The van der Waals surface area contributed by atoms with E-state index < -0.39 is 0 Å². The second kappa shape index (κ2) is 6.81. The van der Waals surface area contributed by atoms with E-state index in [1.807, 2.05) is 30.3 Å². The molecule has 0 saturated carbocycles. The maximum Gasteiger partial charge on any atom is 0.259 e. The van der Waals surface area contributed by atoms with Crippen LogP contribution >= 0.6 is 0 Å². The zero-order valence-corrected chi connectivity index (χ0v) is 14.5. The topological polar surface area (TPSA) is 49.0 Å². The summed E-state index contributed by atoms with van der Waals surface area (Å²) >= 11 is 0. The van der Waals surface area contributed by atoms with Crippen LogP contribution < -0.4 is 5.56 Å². The minimum absolute atomic E-state index is 0.0872. The molecule has 0 aliphatic carbocycles. The lowest BCUT2D eigenvalue weighted by atomic mass is 9.99. The monoisotopic (exact) mass is 333 g/mol. The summed E-state index contributed by atoms with van der Waals surface area (Å²) in [7, 11) is 0. The Hall–Kier alpha value is -2.46. The fraction of sp³-hybridized carbons (Fsp3) is 0.333. The fourth-order valence-corrected chi connectivity index (χ4v) is 3.73. The molecule has 1 aliphatic heterocycles. The van der Waals surface area contributed by atoms with E-state index in [9.17, 15) is 4.79 Å². The van der Waals surface area contributed by atoms with Crippen molar-refractivity contribution >= 4 is 10.9 Å². The quantitative estimate of drug-likeness (QED) is 0.792. The molecule has 1 fully saturated rings. The largest absolute Gasteiger partial charge is 0.306 e. The number of nitrogens with zero attached hydrogens (tertiary/aromatic N) is 2. The first-order valence-corrected chi connectivity index (χ1v) is 9.00. The molecule has 25 heavy (non-hydrogen) atoms. The van der Waals surface area contributed by atoms with Crippen LogP contribution in [0.4, 0.5) is 0 Å². The van der Waals surface area contributed by atoms with Gasteiger partial charge in [0, 0.05) is 18.7 Å². The summed E-state index contributed by atoms with van der Waals surface area (Å²) in [5.41, 5.74) is 2.88. The maximum absolute atomic E-state index is 12.3. The van der Waals surface area contributed by atoms with Crippen molar-refractivity contribution in [2.45, 2.75) is 26.3 Å². The Bertz CT molecular complexity index is 947. The van der Waals surface area contributed by atoms with Crippen LogP contribution in [0.5, 0.6) is 0 Å². The third-order valence-corrected chi connectivity index (χ3v) is 4.96. The van der Waals surface area contributed by atoms with Crippen molar-refractivity contribution in [3.63, 3.8) is 0 Å². The summed E-state index contributed by atoms with van der Waals surface area (Å²) in [5, 5.41) is 0.629. The van der Waals surface area contributed by atoms with Gasteiger partial charge in [-0.05, 0) is 49.1 Å². The molecule has 1 aliphatic rings. The molecule has 1 atom stereocenters. The first kappa shape index (κ1) is 16.0. The number of hydrogen-bond acceptors (Lipinski definition) is 3. The molecule has 4 heteroatoms. The van der Waals surface area contributed by atoms with Crippen LogP contribution in [0.1, 0.15) is 25.3 Å². The number of fused-ring (bicyclic) bond motifs is 1. The van der Waals surface area contributed by atoms with Crippen molar-refractivity contribution in [3.8, 4) is 11.4 Å². The molecule has 2 heterocycles. The second-order valence-electron chi connectivity index (χ2n) is 7.11. The van der Waals surface area contributed by atoms with Gasteiger partial charge >= 0.3 is 0 Å². The Morgan fingerprint density at radius 3 is 2.96 bits per heavy atom. The number of aromatic nitrogens is 2. The predicted octanol–water partition coefficient (Wildman–Crippen LogP) is 3.82. The van der Waals surface area contributed by atoms with Gasteiger partial charge in [-0.15, -0.1) is 0 Å². The lowest BCUT2D eigenvalue weighted by Gasteiger charge is -2.30. The van der Waals surface area contributed by atoms with E-state index in [-0.39, 0.29) is 5.56 Å². The first-order chi connectivity index (χ1) is 12.2. The molecule has 1 saturated heterocycles. The van der Waals surface area contributed by atoms with E-state index in [0.717, 1.165) is 30.1 Å². The number of piperidine rings is 1. The van der Waals surface area contributed by atoms with Crippen LogP contribution in [0.25, 0.3) is 22.3 Å². The number of aromatic amines is 1. The van der Waals surface area contributed by atoms with Crippen molar-refractivity contribution in [2.24, 2.45) is 5.92 Å². The third kappa shape index (κ3) is 3.49. The first-order valence-electron chi connectivity index (χ1n) is 9.00. The summed E-state index contributed by atoms with van der Waals surface area (Å²) in [6, 6.07) is 15.8. The number of rotatable bonds is 3. The van der Waals surface area contributed by atoms with Crippen molar-refractivity contribution in [1.82, 2.24) is 14.9 Å². The highest BCUT2D eigenvalue weighted by atomic mass is 16.1. The van der Waals surface area contributed by atoms with Gasteiger partial charge in [0.1, 0.15) is 5.82 Å². The third-order valence-electron chi connectivity index (χ3n) is 4.96. The van der Waals surface area contributed by atoms with Gasteiger partial charge in [-0.25, -0.2) is 4.98 Å². The summed E-state index contributed by atoms with van der Waals surface area (Å²) in [5.74, 6) is 1.41. The fourth-order valence-electron chi connectivity index (χ4n) is 3.73. The SMILES string of the molecule is CC1CCCN(Cc2cccc(-c3nc4ccccc4c(=O)[nH]3)c2)C1. The van der Waals surface area contributed by atoms with Crippen molar-refractivity contribution in [3.05, 3.63) is 64.4 Å². The molecule has 2 aromatic carbocycles. The van der Waals surface area contributed by atoms with Crippen LogP contribution in [0.2, 0.25) is 0 Å². The molecule has 128 valence electrons. The molecule has 0 spiro atoms. The zero-order chi connectivity index (χ0) is 17.2. The minimum Gasteiger partial charge on any atom is -0.306 e. The van der Waals surface area contributed by atoms with E-state index in [4.69, 9.17) is 0 Å². The Labute approximate surface area is 147 Å². The van der Waals surface area contributed by atoms with E-state index >= 15 is 0 Å². The van der Waals surface area contributed by atoms with E-state index in [2.05, 4.69) is 33.9 Å². The van der Waals surface area contributed by atoms with Crippen molar-refractivity contribution in [2.75, 3.05) is 13.1 Å². The lowest BCUT2D eigenvalue weighted by molar-refractivity contribution is 0.176. The van der Waals surface area contributed by atoms with Gasteiger partial charge in [-0.2, -0.15) is 0 Å². The summed E-state index contributed by atoms with van der Waals surface area (Å²) in [6.45, 7) is 5.61. The number of benzene rings is 2. The number of hydrogen-bond donors (Lipinski definition) is 1. The van der Waals surface area contributed by atoms with Crippen LogP contribution in [0, 0.1) is 5.92 Å². The van der Waals surface area contributed by atoms with Gasteiger partial charge in [-0.3, -0.25) is 9.69 Å². The smallest absolute Gasteiger partial charge is 0.259 e. The van der Waals surface area contributed by atoms with Gasteiger partial charge in [0.25, 0.3) is 5.56 Å². The molecule has 1 N–H and O–H groups in total. The van der Waals surface area contributed by atoms with Gasteiger partial charge in [0.05, 0.1) is 10.9 Å². The molecule has 0 radical (unpaired) electrons. The van der Waals surface area contributed by atoms with Crippen LogP contribution in [0.3, 0.4) is 0 Å². The van der Waals surface area contributed by atoms with Gasteiger partial charge in [0.15, 0.2) is 0 Å². The van der Waals surface area contributed by atoms with Crippen molar-refractivity contribution < 1.29 is 0 Å².